The minimum absolute atomic E-state index is 0.0894. The van der Waals surface area contributed by atoms with Crippen molar-refractivity contribution in [1.82, 2.24) is 24.9 Å². The normalized spacial score (nSPS) is 12.4. The van der Waals surface area contributed by atoms with Crippen molar-refractivity contribution in [3.8, 4) is 0 Å². The van der Waals surface area contributed by atoms with Gasteiger partial charge in [0.2, 0.25) is 0 Å². The highest BCUT2D eigenvalue weighted by Crippen LogP contribution is 2.22. The molecule has 0 bridgehead atoms. The molecule has 3 heterocycles. The maximum atomic E-state index is 12.8. The molecule has 3 rings (SSSR count). The highest BCUT2D eigenvalue weighted by molar-refractivity contribution is 7.98. The number of thiazole rings is 1. The number of carbonyl (C=O) groups is 1. The van der Waals surface area contributed by atoms with Crippen molar-refractivity contribution in [2.75, 3.05) is 12.0 Å². The van der Waals surface area contributed by atoms with Gasteiger partial charge in [-0.2, -0.15) is 11.8 Å². The molecule has 1 unspecified atom stereocenters. The summed E-state index contributed by atoms with van der Waals surface area (Å²) in [6, 6.07) is 5.58. The number of nitrogens with one attached hydrogen (secondary N) is 1. The van der Waals surface area contributed by atoms with Crippen LogP contribution in [0, 0.1) is 6.92 Å². The van der Waals surface area contributed by atoms with Crippen LogP contribution in [0.3, 0.4) is 0 Å². The second kappa shape index (κ2) is 7.97. The summed E-state index contributed by atoms with van der Waals surface area (Å²) in [5.41, 5.74) is 1.57. The number of rotatable bonds is 7. The Morgan fingerprint density at radius 3 is 2.96 bits per heavy atom. The Morgan fingerprint density at radius 2 is 2.24 bits per heavy atom. The number of hydrogen-bond donors (Lipinski definition) is 1. The highest BCUT2D eigenvalue weighted by atomic mass is 32.2. The minimum atomic E-state index is -0.191. The van der Waals surface area contributed by atoms with E-state index in [-0.39, 0.29) is 11.9 Å². The lowest BCUT2D eigenvalue weighted by Crippen LogP contribution is -2.30. The lowest BCUT2D eigenvalue weighted by molar-refractivity contribution is 0.0937. The Morgan fingerprint density at radius 1 is 1.40 bits per heavy atom. The number of amides is 1. The van der Waals surface area contributed by atoms with E-state index < -0.39 is 0 Å². The van der Waals surface area contributed by atoms with Gasteiger partial charge in [0.05, 0.1) is 16.7 Å². The Hall–Kier alpha value is -1.93. The molecule has 1 amide bonds. The van der Waals surface area contributed by atoms with Crippen molar-refractivity contribution < 1.29 is 4.79 Å². The topological polar surface area (TPSA) is 72.2 Å². The molecule has 0 fully saturated rings. The van der Waals surface area contributed by atoms with Gasteiger partial charge in [-0.25, -0.2) is 4.98 Å². The first-order valence-corrected chi connectivity index (χ1v) is 10.4. The number of hydrogen-bond acceptors (Lipinski definition) is 6. The molecule has 0 aliphatic carbocycles. The predicted octanol–water partition coefficient (Wildman–Crippen LogP) is 3.28. The van der Waals surface area contributed by atoms with E-state index in [1.807, 2.05) is 42.6 Å². The molecule has 0 aliphatic heterocycles. The number of aromatic nitrogens is 4. The number of fused-ring (bicyclic) bond motifs is 1. The fraction of sp³-hybridized carbons (Fsp3) is 0.412. The van der Waals surface area contributed by atoms with Crippen molar-refractivity contribution in [3.63, 3.8) is 0 Å². The van der Waals surface area contributed by atoms with E-state index >= 15 is 0 Å². The monoisotopic (exact) mass is 375 g/mol. The standard InChI is InChI=1S/C17H21N5OS2/c1-4-14-18-11(2)15(25-14)17(23)19-12(8-10-24-3)16-21-20-13-7-5-6-9-22(13)16/h5-7,9,12H,4,8,10H2,1-3H3,(H,19,23). The van der Waals surface area contributed by atoms with E-state index in [0.717, 1.165) is 40.8 Å². The molecule has 0 saturated heterocycles. The first-order chi connectivity index (χ1) is 12.1. The second-order valence-electron chi connectivity index (χ2n) is 5.67. The van der Waals surface area contributed by atoms with Gasteiger partial charge in [-0.05, 0) is 43.9 Å². The Balaban J connectivity index is 1.88. The fourth-order valence-electron chi connectivity index (χ4n) is 2.64. The van der Waals surface area contributed by atoms with Crippen LogP contribution >= 0.6 is 23.1 Å². The van der Waals surface area contributed by atoms with Crippen LogP contribution < -0.4 is 5.32 Å². The molecule has 25 heavy (non-hydrogen) atoms. The van der Waals surface area contributed by atoms with Gasteiger partial charge in [-0.15, -0.1) is 21.5 Å². The Labute approximate surface area is 155 Å². The molecule has 0 aromatic carbocycles. The zero-order valence-electron chi connectivity index (χ0n) is 14.5. The van der Waals surface area contributed by atoms with Crippen LogP contribution in [0.4, 0.5) is 0 Å². The lowest BCUT2D eigenvalue weighted by Gasteiger charge is -2.16. The van der Waals surface area contributed by atoms with Crippen molar-refractivity contribution in [1.29, 1.82) is 0 Å². The van der Waals surface area contributed by atoms with Crippen LogP contribution in [0.25, 0.3) is 5.65 Å². The third kappa shape index (κ3) is 3.85. The summed E-state index contributed by atoms with van der Waals surface area (Å²) in [5, 5.41) is 12.6. The number of pyridine rings is 1. The number of thioether (sulfide) groups is 1. The van der Waals surface area contributed by atoms with Gasteiger partial charge in [0.1, 0.15) is 4.88 Å². The smallest absolute Gasteiger partial charge is 0.263 e. The van der Waals surface area contributed by atoms with Gasteiger partial charge in [-0.3, -0.25) is 9.20 Å². The number of nitrogens with zero attached hydrogens (tertiary/aromatic N) is 4. The first kappa shape index (κ1) is 17.9. The summed E-state index contributed by atoms with van der Waals surface area (Å²) in [4.78, 5) is 17.9. The summed E-state index contributed by atoms with van der Waals surface area (Å²) < 4.78 is 1.93. The van der Waals surface area contributed by atoms with Crippen molar-refractivity contribution in [2.45, 2.75) is 32.7 Å². The Kier molecular flexibility index (Phi) is 5.70. The van der Waals surface area contributed by atoms with E-state index in [2.05, 4.69) is 26.8 Å². The van der Waals surface area contributed by atoms with Crippen LogP contribution in [-0.2, 0) is 6.42 Å². The van der Waals surface area contributed by atoms with Gasteiger partial charge in [0.15, 0.2) is 11.5 Å². The van der Waals surface area contributed by atoms with Gasteiger partial charge in [0, 0.05) is 6.20 Å². The zero-order chi connectivity index (χ0) is 17.8. The average Bonchev–Trinajstić information content (AvgIpc) is 3.22. The average molecular weight is 376 g/mol. The van der Waals surface area contributed by atoms with E-state index in [0.29, 0.717) is 4.88 Å². The number of aryl methyl sites for hydroxylation is 2. The molecular formula is C17H21N5OS2. The molecule has 0 radical (unpaired) electrons. The quantitative estimate of drug-likeness (QED) is 0.686. The molecule has 132 valence electrons. The zero-order valence-corrected chi connectivity index (χ0v) is 16.2. The van der Waals surface area contributed by atoms with Crippen LogP contribution in [0.15, 0.2) is 24.4 Å². The second-order valence-corrected chi connectivity index (χ2v) is 7.74. The van der Waals surface area contributed by atoms with E-state index in [9.17, 15) is 4.79 Å². The molecular weight excluding hydrogens is 354 g/mol. The van der Waals surface area contributed by atoms with Gasteiger partial charge in [-0.1, -0.05) is 13.0 Å². The molecule has 0 saturated carbocycles. The molecule has 6 nitrogen and oxygen atoms in total. The molecule has 1 N–H and O–H groups in total. The third-order valence-corrected chi connectivity index (χ3v) is 5.86. The van der Waals surface area contributed by atoms with E-state index in [1.54, 1.807) is 11.8 Å². The summed E-state index contributed by atoms with van der Waals surface area (Å²) in [6.45, 7) is 3.93. The maximum absolute atomic E-state index is 12.8. The van der Waals surface area contributed by atoms with E-state index in [4.69, 9.17) is 0 Å². The minimum Gasteiger partial charge on any atom is -0.341 e. The summed E-state index contributed by atoms with van der Waals surface area (Å²) in [5.74, 6) is 1.60. The molecule has 0 spiro atoms. The van der Waals surface area contributed by atoms with Crippen LogP contribution in [0.5, 0.6) is 0 Å². The first-order valence-electron chi connectivity index (χ1n) is 8.19. The van der Waals surface area contributed by atoms with E-state index in [1.165, 1.54) is 11.3 Å². The van der Waals surface area contributed by atoms with Crippen molar-refractivity contribution in [3.05, 3.63) is 45.8 Å². The number of carbonyl (C=O) groups excluding carboxylic acids is 1. The fourth-order valence-corrected chi connectivity index (χ4v) is 4.02. The maximum Gasteiger partial charge on any atom is 0.263 e. The molecule has 3 aromatic heterocycles. The van der Waals surface area contributed by atoms with Gasteiger partial charge >= 0.3 is 0 Å². The predicted molar refractivity (Wildman–Crippen MR) is 102 cm³/mol. The van der Waals surface area contributed by atoms with Crippen LogP contribution in [0.1, 0.15) is 45.6 Å². The summed E-state index contributed by atoms with van der Waals surface area (Å²) in [6.07, 6.45) is 5.61. The molecule has 3 aromatic rings. The largest absolute Gasteiger partial charge is 0.341 e. The third-order valence-electron chi connectivity index (χ3n) is 3.92. The summed E-state index contributed by atoms with van der Waals surface area (Å²) >= 11 is 3.21. The highest BCUT2D eigenvalue weighted by Gasteiger charge is 2.23. The van der Waals surface area contributed by atoms with Crippen LogP contribution in [0.2, 0.25) is 0 Å². The Bertz CT molecular complexity index is 873. The van der Waals surface area contributed by atoms with Gasteiger partial charge in [0.25, 0.3) is 5.91 Å². The van der Waals surface area contributed by atoms with Crippen LogP contribution in [-0.4, -0.2) is 37.5 Å². The lowest BCUT2D eigenvalue weighted by atomic mass is 10.2. The molecule has 0 aliphatic rings. The van der Waals surface area contributed by atoms with Gasteiger partial charge < -0.3 is 5.32 Å². The molecule has 8 heteroatoms. The van der Waals surface area contributed by atoms with Crippen molar-refractivity contribution >= 4 is 34.7 Å². The van der Waals surface area contributed by atoms with Crippen molar-refractivity contribution in [2.24, 2.45) is 0 Å². The summed E-state index contributed by atoms with van der Waals surface area (Å²) in [7, 11) is 0. The molecule has 1 atom stereocenters. The SMILES string of the molecule is CCc1nc(C)c(C(=O)NC(CCSC)c2nnc3ccccn23)s1.